The zero-order chi connectivity index (χ0) is 11.9. The Kier molecular flexibility index (Phi) is 3.98. The fraction of sp³-hybridized carbons (Fsp3) is 0.125. The van der Waals surface area contributed by atoms with Crippen LogP contribution in [0, 0.1) is 6.92 Å². The Hall–Kier alpha value is -2.02. The van der Waals surface area contributed by atoms with Crippen molar-refractivity contribution >= 4 is 6.08 Å². The maximum absolute atomic E-state index is 5.60. The minimum Gasteiger partial charge on any atom is -0.490 e. The van der Waals surface area contributed by atoms with Gasteiger partial charge in [0.2, 0.25) is 0 Å². The van der Waals surface area contributed by atoms with Crippen molar-refractivity contribution in [3.63, 3.8) is 0 Å². The van der Waals surface area contributed by atoms with Crippen molar-refractivity contribution in [3.8, 4) is 5.75 Å². The molecule has 0 amide bonds. The minimum atomic E-state index is 0.595. The second-order valence-corrected chi connectivity index (χ2v) is 3.94. The fourth-order valence-corrected chi connectivity index (χ4v) is 1.53. The lowest BCUT2D eigenvalue weighted by Gasteiger charge is -2.02. The highest BCUT2D eigenvalue weighted by Gasteiger charge is 1.90. The van der Waals surface area contributed by atoms with Crippen molar-refractivity contribution in [1.82, 2.24) is 0 Å². The molecule has 0 spiro atoms. The van der Waals surface area contributed by atoms with Crippen LogP contribution >= 0.6 is 0 Å². The van der Waals surface area contributed by atoms with Gasteiger partial charge in [-0.3, -0.25) is 0 Å². The normalized spacial score (nSPS) is 10.6. The minimum absolute atomic E-state index is 0.595. The molecule has 0 aromatic heterocycles. The highest BCUT2D eigenvalue weighted by Crippen LogP contribution is 2.11. The highest BCUT2D eigenvalue weighted by atomic mass is 16.5. The van der Waals surface area contributed by atoms with Gasteiger partial charge in [-0.1, -0.05) is 54.1 Å². The van der Waals surface area contributed by atoms with E-state index in [0.29, 0.717) is 6.61 Å². The van der Waals surface area contributed by atoms with Crippen LogP contribution in [0.3, 0.4) is 0 Å². The topological polar surface area (TPSA) is 9.23 Å². The molecule has 0 aliphatic heterocycles. The van der Waals surface area contributed by atoms with E-state index >= 15 is 0 Å². The molecular weight excluding hydrogens is 208 g/mol. The first-order chi connectivity index (χ1) is 8.34. The van der Waals surface area contributed by atoms with E-state index in [4.69, 9.17) is 4.74 Å². The molecule has 1 nitrogen and oxygen atoms in total. The molecule has 0 bridgehead atoms. The maximum atomic E-state index is 5.60. The van der Waals surface area contributed by atoms with Gasteiger partial charge < -0.3 is 4.74 Å². The van der Waals surface area contributed by atoms with E-state index in [-0.39, 0.29) is 0 Å². The number of hydrogen-bond donors (Lipinski definition) is 0. The molecule has 2 aromatic rings. The largest absolute Gasteiger partial charge is 0.490 e. The first-order valence-electron chi connectivity index (χ1n) is 5.76. The number of hydrogen-bond acceptors (Lipinski definition) is 1. The summed E-state index contributed by atoms with van der Waals surface area (Å²) in [6.45, 7) is 2.66. The van der Waals surface area contributed by atoms with Gasteiger partial charge >= 0.3 is 0 Å². The third-order valence-electron chi connectivity index (χ3n) is 2.48. The molecule has 0 aliphatic carbocycles. The van der Waals surface area contributed by atoms with E-state index in [1.807, 2.05) is 36.4 Å². The van der Waals surface area contributed by atoms with Crippen LogP contribution < -0.4 is 4.74 Å². The molecule has 2 aromatic carbocycles. The van der Waals surface area contributed by atoms with Crippen molar-refractivity contribution < 1.29 is 4.74 Å². The molecule has 17 heavy (non-hydrogen) atoms. The molecule has 0 N–H and O–H groups in total. The van der Waals surface area contributed by atoms with Gasteiger partial charge in [0.05, 0.1) is 0 Å². The summed E-state index contributed by atoms with van der Waals surface area (Å²) >= 11 is 0. The van der Waals surface area contributed by atoms with E-state index in [9.17, 15) is 0 Å². The fourth-order valence-electron chi connectivity index (χ4n) is 1.53. The molecule has 0 heterocycles. The highest BCUT2D eigenvalue weighted by molar-refractivity contribution is 5.48. The Labute approximate surface area is 102 Å². The lowest BCUT2D eigenvalue weighted by Crippen LogP contribution is -1.92. The van der Waals surface area contributed by atoms with Crippen LogP contribution in [0.25, 0.3) is 6.08 Å². The van der Waals surface area contributed by atoms with E-state index in [0.717, 1.165) is 5.75 Å². The predicted molar refractivity (Wildman–Crippen MR) is 72.2 cm³/mol. The van der Waals surface area contributed by atoms with E-state index in [1.165, 1.54) is 11.1 Å². The van der Waals surface area contributed by atoms with Gasteiger partial charge in [0, 0.05) is 0 Å². The van der Waals surface area contributed by atoms with Gasteiger partial charge in [0.1, 0.15) is 12.4 Å². The van der Waals surface area contributed by atoms with Crippen LogP contribution in [-0.4, -0.2) is 6.61 Å². The van der Waals surface area contributed by atoms with E-state index in [2.05, 4.69) is 37.3 Å². The van der Waals surface area contributed by atoms with Gasteiger partial charge in [-0.25, -0.2) is 0 Å². The summed E-state index contributed by atoms with van der Waals surface area (Å²) in [6, 6.07) is 18.3. The number of benzene rings is 2. The first-order valence-corrected chi connectivity index (χ1v) is 5.76. The summed E-state index contributed by atoms with van der Waals surface area (Å²) in [5.41, 5.74) is 2.44. The van der Waals surface area contributed by atoms with Crippen molar-refractivity contribution in [1.29, 1.82) is 0 Å². The predicted octanol–water partition coefficient (Wildman–Crippen LogP) is 4.09. The molecule has 0 atom stereocenters. The first kappa shape index (κ1) is 11.5. The van der Waals surface area contributed by atoms with Crippen LogP contribution in [0.15, 0.2) is 60.7 Å². The molecule has 0 saturated carbocycles. The smallest absolute Gasteiger partial charge is 0.119 e. The molecular formula is C16H16O. The van der Waals surface area contributed by atoms with Gasteiger partial charge in [-0.05, 0) is 30.7 Å². The maximum Gasteiger partial charge on any atom is 0.119 e. The molecule has 86 valence electrons. The Morgan fingerprint density at radius 3 is 2.35 bits per heavy atom. The Balaban J connectivity index is 1.84. The van der Waals surface area contributed by atoms with Gasteiger partial charge in [0.15, 0.2) is 0 Å². The van der Waals surface area contributed by atoms with E-state index < -0.39 is 0 Å². The molecule has 0 fully saturated rings. The molecule has 0 aliphatic rings. The van der Waals surface area contributed by atoms with E-state index in [1.54, 1.807) is 0 Å². The van der Waals surface area contributed by atoms with Crippen LogP contribution in [0.4, 0.5) is 0 Å². The lowest BCUT2D eigenvalue weighted by atomic mass is 10.2. The third-order valence-corrected chi connectivity index (χ3v) is 2.48. The Morgan fingerprint density at radius 1 is 0.941 bits per heavy atom. The Morgan fingerprint density at radius 2 is 1.65 bits per heavy atom. The second-order valence-electron chi connectivity index (χ2n) is 3.94. The summed E-state index contributed by atoms with van der Waals surface area (Å²) in [5.74, 6) is 0.910. The zero-order valence-electron chi connectivity index (χ0n) is 9.97. The quantitative estimate of drug-likeness (QED) is 0.760. The van der Waals surface area contributed by atoms with Gasteiger partial charge in [-0.15, -0.1) is 0 Å². The number of rotatable bonds is 4. The van der Waals surface area contributed by atoms with Gasteiger partial charge in [-0.2, -0.15) is 0 Å². The summed E-state index contributed by atoms with van der Waals surface area (Å²) in [6.07, 6.45) is 4.09. The molecule has 0 saturated heterocycles. The standard InChI is InChI=1S/C16H16O/c1-14-9-11-16(12-10-14)17-13-5-8-15-6-3-2-4-7-15/h2-12H,13H2,1H3. The van der Waals surface area contributed by atoms with Gasteiger partial charge in [0.25, 0.3) is 0 Å². The molecule has 2 rings (SSSR count). The third kappa shape index (κ3) is 3.80. The summed E-state index contributed by atoms with van der Waals surface area (Å²) in [5, 5.41) is 0. The van der Waals surface area contributed by atoms with Crippen molar-refractivity contribution in [3.05, 3.63) is 71.8 Å². The van der Waals surface area contributed by atoms with Crippen molar-refractivity contribution in [2.75, 3.05) is 6.61 Å². The number of aryl methyl sites for hydroxylation is 1. The SMILES string of the molecule is Cc1ccc(OCC=Cc2ccccc2)cc1. The Bertz CT molecular complexity index is 469. The zero-order valence-corrected chi connectivity index (χ0v) is 9.97. The van der Waals surface area contributed by atoms with Crippen molar-refractivity contribution in [2.24, 2.45) is 0 Å². The van der Waals surface area contributed by atoms with Crippen LogP contribution in [0.1, 0.15) is 11.1 Å². The molecule has 0 unspecified atom stereocenters. The summed E-state index contributed by atoms with van der Waals surface area (Å²) in [7, 11) is 0. The van der Waals surface area contributed by atoms with Crippen molar-refractivity contribution in [2.45, 2.75) is 6.92 Å². The summed E-state index contributed by atoms with van der Waals surface area (Å²) < 4.78 is 5.60. The molecule has 0 radical (unpaired) electrons. The number of ether oxygens (including phenoxy) is 1. The molecule has 1 heteroatoms. The average molecular weight is 224 g/mol. The monoisotopic (exact) mass is 224 g/mol. The van der Waals surface area contributed by atoms with Crippen LogP contribution in [-0.2, 0) is 0 Å². The average Bonchev–Trinajstić information content (AvgIpc) is 2.38. The van der Waals surface area contributed by atoms with Crippen LogP contribution in [0.5, 0.6) is 5.75 Å². The summed E-state index contributed by atoms with van der Waals surface area (Å²) in [4.78, 5) is 0. The lowest BCUT2D eigenvalue weighted by molar-refractivity contribution is 0.363. The second kappa shape index (κ2) is 5.90. The van der Waals surface area contributed by atoms with Crippen LogP contribution in [0.2, 0.25) is 0 Å².